The second-order valence-corrected chi connectivity index (χ2v) is 3.61. The van der Waals surface area contributed by atoms with E-state index in [2.05, 4.69) is 22.9 Å². The van der Waals surface area contributed by atoms with Crippen molar-refractivity contribution < 1.29 is 4.74 Å². The average molecular weight is 220 g/mol. The first kappa shape index (κ1) is 12.9. The van der Waals surface area contributed by atoms with Gasteiger partial charge in [-0.15, -0.1) is 6.58 Å². The fourth-order valence-corrected chi connectivity index (χ4v) is 1.34. The van der Waals surface area contributed by atoms with Gasteiger partial charge < -0.3 is 10.1 Å². The molecule has 0 fully saturated rings. The molecule has 1 N–H and O–H groups in total. The Balaban J connectivity index is 2.07. The van der Waals surface area contributed by atoms with Gasteiger partial charge in [0.1, 0.15) is 0 Å². The summed E-state index contributed by atoms with van der Waals surface area (Å²) in [6.45, 7) is 8.89. The molecule has 0 spiro atoms. The fraction of sp³-hybridized carbons (Fsp3) is 0.462. The molecule has 0 saturated carbocycles. The maximum absolute atomic E-state index is 5.39. The van der Waals surface area contributed by atoms with Gasteiger partial charge in [-0.25, -0.2) is 0 Å². The van der Waals surface area contributed by atoms with Crippen molar-refractivity contribution in [1.82, 2.24) is 10.3 Å². The van der Waals surface area contributed by atoms with Gasteiger partial charge in [-0.05, 0) is 25.0 Å². The second-order valence-electron chi connectivity index (χ2n) is 3.61. The van der Waals surface area contributed by atoms with E-state index in [0.29, 0.717) is 0 Å². The molecule has 16 heavy (non-hydrogen) atoms. The van der Waals surface area contributed by atoms with E-state index >= 15 is 0 Å². The van der Waals surface area contributed by atoms with Crippen LogP contribution in [0.4, 0.5) is 0 Å². The molecule has 0 aromatic carbocycles. The molecule has 0 aliphatic carbocycles. The van der Waals surface area contributed by atoms with E-state index < -0.39 is 0 Å². The Bertz CT molecular complexity index is 313. The quantitative estimate of drug-likeness (QED) is 0.538. The highest BCUT2D eigenvalue weighted by Gasteiger charge is 1.96. The Morgan fingerprint density at radius 1 is 1.50 bits per heavy atom. The third-order valence-electron chi connectivity index (χ3n) is 2.32. The number of ether oxygens (including phenoxy) is 1. The molecule has 0 aliphatic heterocycles. The SMILES string of the molecule is C=CCCOCCNCc1cccnc1C. The summed E-state index contributed by atoms with van der Waals surface area (Å²) in [6.07, 6.45) is 4.60. The zero-order chi connectivity index (χ0) is 11.6. The molecule has 0 aliphatic rings. The average Bonchev–Trinajstić information content (AvgIpc) is 2.30. The number of hydrogen-bond acceptors (Lipinski definition) is 3. The van der Waals surface area contributed by atoms with E-state index in [0.717, 1.165) is 38.4 Å². The van der Waals surface area contributed by atoms with Gasteiger partial charge in [0.15, 0.2) is 0 Å². The van der Waals surface area contributed by atoms with Crippen LogP contribution in [0, 0.1) is 6.92 Å². The molecule has 1 rings (SSSR count). The maximum atomic E-state index is 5.39. The minimum absolute atomic E-state index is 0.743. The summed E-state index contributed by atoms with van der Waals surface area (Å²) < 4.78 is 5.39. The van der Waals surface area contributed by atoms with Gasteiger partial charge in [-0.1, -0.05) is 12.1 Å². The van der Waals surface area contributed by atoms with E-state index in [1.165, 1.54) is 5.56 Å². The number of rotatable bonds is 8. The standard InChI is InChI=1S/C13H20N2O/c1-3-4-9-16-10-8-14-11-13-6-5-7-15-12(13)2/h3,5-7,14H,1,4,8-11H2,2H3. The summed E-state index contributed by atoms with van der Waals surface area (Å²) in [5.74, 6) is 0. The molecule has 1 heterocycles. The van der Waals surface area contributed by atoms with Gasteiger partial charge >= 0.3 is 0 Å². The lowest BCUT2D eigenvalue weighted by molar-refractivity contribution is 0.140. The van der Waals surface area contributed by atoms with Crippen LogP contribution in [0.3, 0.4) is 0 Å². The molecule has 3 heteroatoms. The molecule has 1 aromatic rings. The van der Waals surface area contributed by atoms with Crippen LogP contribution in [0.1, 0.15) is 17.7 Å². The van der Waals surface area contributed by atoms with E-state index in [1.807, 2.05) is 25.3 Å². The molecule has 1 aromatic heterocycles. The summed E-state index contributed by atoms with van der Waals surface area (Å²) >= 11 is 0. The van der Waals surface area contributed by atoms with Crippen molar-refractivity contribution in [2.75, 3.05) is 19.8 Å². The van der Waals surface area contributed by atoms with E-state index in [4.69, 9.17) is 4.74 Å². The first-order chi connectivity index (χ1) is 7.84. The van der Waals surface area contributed by atoms with Crippen LogP contribution in [0.15, 0.2) is 31.0 Å². The van der Waals surface area contributed by atoms with Crippen molar-refractivity contribution in [3.63, 3.8) is 0 Å². The molecule has 0 atom stereocenters. The van der Waals surface area contributed by atoms with Crippen LogP contribution < -0.4 is 5.32 Å². The zero-order valence-electron chi connectivity index (χ0n) is 9.91. The fourth-order valence-electron chi connectivity index (χ4n) is 1.34. The second kappa shape index (κ2) is 8.02. The Kier molecular flexibility index (Phi) is 6.45. The van der Waals surface area contributed by atoms with Crippen LogP contribution >= 0.6 is 0 Å². The van der Waals surface area contributed by atoms with Crippen LogP contribution in [0.5, 0.6) is 0 Å². The number of pyridine rings is 1. The number of aromatic nitrogens is 1. The monoisotopic (exact) mass is 220 g/mol. The van der Waals surface area contributed by atoms with Gasteiger partial charge in [0.25, 0.3) is 0 Å². The van der Waals surface area contributed by atoms with Gasteiger partial charge in [0.2, 0.25) is 0 Å². The highest BCUT2D eigenvalue weighted by Crippen LogP contribution is 2.02. The molecule has 88 valence electrons. The van der Waals surface area contributed by atoms with E-state index in [-0.39, 0.29) is 0 Å². The normalized spacial score (nSPS) is 10.3. The van der Waals surface area contributed by atoms with Crippen LogP contribution in [0.2, 0.25) is 0 Å². The lowest BCUT2D eigenvalue weighted by Crippen LogP contribution is -2.20. The van der Waals surface area contributed by atoms with Crippen molar-refractivity contribution in [3.8, 4) is 0 Å². The summed E-state index contributed by atoms with van der Waals surface area (Å²) in [7, 11) is 0. The number of nitrogens with zero attached hydrogens (tertiary/aromatic N) is 1. The van der Waals surface area contributed by atoms with Gasteiger partial charge in [-0.3, -0.25) is 4.98 Å². The molecule has 0 saturated heterocycles. The van der Waals surface area contributed by atoms with Crippen LogP contribution in [-0.2, 0) is 11.3 Å². The maximum Gasteiger partial charge on any atom is 0.0591 e. The molecule has 0 unspecified atom stereocenters. The van der Waals surface area contributed by atoms with Gasteiger partial charge in [0, 0.05) is 25.0 Å². The van der Waals surface area contributed by atoms with Crippen molar-refractivity contribution >= 4 is 0 Å². The lowest BCUT2D eigenvalue weighted by atomic mass is 10.2. The van der Waals surface area contributed by atoms with Gasteiger partial charge in [-0.2, -0.15) is 0 Å². The third-order valence-corrected chi connectivity index (χ3v) is 2.32. The van der Waals surface area contributed by atoms with Crippen LogP contribution in [0.25, 0.3) is 0 Å². The lowest BCUT2D eigenvalue weighted by Gasteiger charge is -2.07. The minimum atomic E-state index is 0.743. The zero-order valence-corrected chi connectivity index (χ0v) is 9.91. The smallest absolute Gasteiger partial charge is 0.0591 e. The first-order valence-electron chi connectivity index (χ1n) is 5.64. The highest BCUT2D eigenvalue weighted by molar-refractivity contribution is 5.17. The predicted octanol–water partition coefficient (Wildman–Crippen LogP) is 2.07. The molecule has 0 bridgehead atoms. The predicted molar refractivity (Wildman–Crippen MR) is 66.3 cm³/mol. The van der Waals surface area contributed by atoms with E-state index in [1.54, 1.807) is 0 Å². The van der Waals surface area contributed by atoms with Crippen molar-refractivity contribution in [2.45, 2.75) is 19.9 Å². The minimum Gasteiger partial charge on any atom is -0.380 e. The molecular formula is C13H20N2O. The number of aryl methyl sites for hydroxylation is 1. The summed E-state index contributed by atoms with van der Waals surface area (Å²) in [5, 5.41) is 3.33. The Morgan fingerprint density at radius 2 is 2.38 bits per heavy atom. The van der Waals surface area contributed by atoms with Crippen LogP contribution in [-0.4, -0.2) is 24.7 Å². The molecular weight excluding hydrogens is 200 g/mol. The first-order valence-corrected chi connectivity index (χ1v) is 5.64. The third kappa shape index (κ3) is 5.05. The van der Waals surface area contributed by atoms with E-state index in [9.17, 15) is 0 Å². The van der Waals surface area contributed by atoms with Crippen molar-refractivity contribution in [2.24, 2.45) is 0 Å². The number of nitrogens with one attached hydrogen (secondary N) is 1. The Morgan fingerprint density at radius 3 is 3.12 bits per heavy atom. The Labute approximate surface area is 97.5 Å². The highest BCUT2D eigenvalue weighted by atomic mass is 16.5. The summed E-state index contributed by atoms with van der Waals surface area (Å²) in [4.78, 5) is 4.24. The molecule has 3 nitrogen and oxygen atoms in total. The Hall–Kier alpha value is -1.19. The number of hydrogen-bond donors (Lipinski definition) is 1. The molecule has 0 radical (unpaired) electrons. The topological polar surface area (TPSA) is 34.1 Å². The van der Waals surface area contributed by atoms with Crippen molar-refractivity contribution in [1.29, 1.82) is 0 Å². The van der Waals surface area contributed by atoms with Crippen molar-refractivity contribution in [3.05, 3.63) is 42.2 Å². The molecule has 0 amide bonds. The largest absolute Gasteiger partial charge is 0.380 e. The summed E-state index contributed by atoms with van der Waals surface area (Å²) in [6, 6.07) is 4.05. The van der Waals surface area contributed by atoms with Gasteiger partial charge in [0.05, 0.1) is 13.2 Å². The summed E-state index contributed by atoms with van der Waals surface area (Å²) in [5.41, 5.74) is 2.33.